The van der Waals surface area contributed by atoms with Gasteiger partial charge in [0.05, 0.1) is 17.6 Å². The first kappa shape index (κ1) is 29.6. The smallest absolute Gasteiger partial charge is 0.408 e. The first-order valence-electron chi connectivity index (χ1n) is 15.5. The van der Waals surface area contributed by atoms with Crippen LogP contribution >= 0.6 is 0 Å². The zero-order valence-electron chi connectivity index (χ0n) is 25.2. The summed E-state index contributed by atoms with van der Waals surface area (Å²) >= 11 is 0. The highest BCUT2D eigenvalue weighted by molar-refractivity contribution is 5.90. The number of aliphatic carboxylic acids is 1. The Bertz CT molecular complexity index is 1430. The summed E-state index contributed by atoms with van der Waals surface area (Å²) in [5, 5.41) is 13.0. The Kier molecular flexibility index (Phi) is 7.71. The third-order valence-electron chi connectivity index (χ3n) is 9.88. The number of hydrogen-bond acceptors (Lipinski definition) is 7. The van der Waals surface area contributed by atoms with Gasteiger partial charge >= 0.3 is 12.1 Å². The van der Waals surface area contributed by atoms with E-state index >= 15 is 0 Å². The minimum Gasteiger partial charge on any atom is -0.480 e. The lowest BCUT2D eigenvalue weighted by Crippen LogP contribution is -2.57. The van der Waals surface area contributed by atoms with E-state index in [-0.39, 0.29) is 18.5 Å². The average molecular weight is 597 g/mol. The number of rotatable bonds is 1. The third-order valence-corrected chi connectivity index (χ3v) is 9.88. The van der Waals surface area contributed by atoms with E-state index in [1.54, 1.807) is 13.0 Å². The van der Waals surface area contributed by atoms with Crippen molar-refractivity contribution in [1.29, 1.82) is 0 Å². The van der Waals surface area contributed by atoms with Gasteiger partial charge in [-0.05, 0) is 67.4 Å². The molecule has 4 aliphatic rings. The number of hydrogen-bond donors (Lipinski definition) is 2. The fourth-order valence-corrected chi connectivity index (χ4v) is 7.44. The summed E-state index contributed by atoms with van der Waals surface area (Å²) < 4.78 is 26.4. The number of aryl methyl sites for hydroxylation is 1. The number of amides is 2. The van der Waals surface area contributed by atoms with Crippen LogP contribution in [0.25, 0.3) is 11.0 Å². The van der Waals surface area contributed by atoms with Gasteiger partial charge in [0, 0.05) is 12.0 Å². The molecule has 2 saturated carbocycles. The van der Waals surface area contributed by atoms with Gasteiger partial charge in [-0.2, -0.15) is 0 Å². The van der Waals surface area contributed by atoms with Crippen LogP contribution in [-0.4, -0.2) is 68.8 Å². The molecular weight excluding hydrogens is 555 g/mol. The predicted octanol–water partition coefficient (Wildman–Crippen LogP) is 4.73. The minimum absolute atomic E-state index is 0.0172. The number of aromatic nitrogens is 2. The molecule has 3 fully saturated rings. The van der Waals surface area contributed by atoms with Crippen molar-refractivity contribution in [2.24, 2.45) is 29.1 Å². The van der Waals surface area contributed by atoms with Crippen LogP contribution in [0.3, 0.4) is 0 Å². The molecule has 6 rings (SSSR count). The maximum absolute atomic E-state index is 14.1. The molecule has 2 aliphatic carbocycles. The number of carbonyl (C=O) groups is 3. The van der Waals surface area contributed by atoms with Gasteiger partial charge in [-0.3, -0.25) is 4.79 Å². The van der Waals surface area contributed by atoms with E-state index < -0.39 is 53.3 Å². The number of alkyl carbamates (subject to hydrolysis) is 1. The van der Waals surface area contributed by atoms with Gasteiger partial charge < -0.3 is 24.8 Å². The summed E-state index contributed by atoms with van der Waals surface area (Å²) in [4.78, 5) is 50.5. The molecule has 3 heterocycles. The number of fused-ring (bicyclic) bond motifs is 7. The second-order valence-corrected chi connectivity index (χ2v) is 13.9. The number of nitrogens with one attached hydrogen (secondary N) is 1. The molecule has 0 unspecified atom stereocenters. The number of halogens is 1. The topological polar surface area (TPSA) is 131 Å². The van der Waals surface area contributed by atoms with Crippen molar-refractivity contribution in [1.82, 2.24) is 20.2 Å². The Morgan fingerprint density at radius 3 is 2.58 bits per heavy atom. The zero-order chi connectivity index (χ0) is 30.6. The molecule has 0 spiro atoms. The molecule has 8 atom stereocenters. The van der Waals surface area contributed by atoms with Gasteiger partial charge in [-0.15, -0.1) is 0 Å². The Morgan fingerprint density at radius 2 is 1.84 bits per heavy atom. The SMILES string of the molecule is C[C@@H]1[C@@H]2CN(C(=O)[C@H](C(C)(C)C)NC(=O)O[C@@H]3C[C@@H]4C[C@@H]4[C@H]3CCCCCc3nc4ccc(F)cc4nc3O2)[C@@H]1C(=O)O. The van der Waals surface area contributed by atoms with Crippen molar-refractivity contribution < 1.29 is 33.4 Å². The fraction of sp³-hybridized carbons (Fsp3) is 0.656. The zero-order valence-corrected chi connectivity index (χ0v) is 25.2. The summed E-state index contributed by atoms with van der Waals surface area (Å²) in [5.41, 5.74) is 0.810. The summed E-state index contributed by atoms with van der Waals surface area (Å²) in [6, 6.07) is 2.05. The van der Waals surface area contributed by atoms with Crippen molar-refractivity contribution >= 4 is 29.0 Å². The van der Waals surface area contributed by atoms with Crippen LogP contribution in [0.15, 0.2) is 18.2 Å². The second-order valence-electron chi connectivity index (χ2n) is 13.9. The molecule has 10 nitrogen and oxygen atoms in total. The normalized spacial score (nSPS) is 33.3. The lowest BCUT2D eigenvalue weighted by Gasteiger charge is -2.35. The van der Waals surface area contributed by atoms with Crippen molar-refractivity contribution in [2.75, 3.05) is 6.54 Å². The molecule has 232 valence electrons. The highest BCUT2D eigenvalue weighted by Gasteiger charge is 2.55. The van der Waals surface area contributed by atoms with Crippen LogP contribution in [0.2, 0.25) is 0 Å². The van der Waals surface area contributed by atoms with Crippen molar-refractivity contribution in [3.8, 4) is 5.88 Å². The van der Waals surface area contributed by atoms with E-state index in [1.807, 2.05) is 20.8 Å². The molecule has 2 aliphatic heterocycles. The summed E-state index contributed by atoms with van der Waals surface area (Å²) in [5.74, 6) is -1.00. The van der Waals surface area contributed by atoms with Crippen LogP contribution < -0.4 is 10.1 Å². The van der Waals surface area contributed by atoms with Crippen molar-refractivity contribution in [2.45, 2.75) is 96.9 Å². The standard InChI is InChI=1S/C32H41FN4O6/c1-16-25-15-37(26(16)30(39)40)29(38)27(32(2,3)4)36-31(41)43-24-13-17-12-20(17)19(24)8-6-5-7-9-22-28(42-25)35-23-14-18(33)10-11-21(23)34-22/h10-11,14,16-17,19-20,24-27H,5-9,12-13,15H2,1-4H3,(H,36,41)(H,39,40)/t16-,17+,19-,20+,24-,25+,26+,27-/m1/s1. The molecule has 43 heavy (non-hydrogen) atoms. The van der Waals surface area contributed by atoms with Gasteiger partial charge in [-0.1, -0.05) is 40.5 Å². The summed E-state index contributed by atoms with van der Waals surface area (Å²) in [6.07, 6.45) is 4.80. The van der Waals surface area contributed by atoms with E-state index in [0.717, 1.165) is 32.1 Å². The first-order valence-corrected chi connectivity index (χ1v) is 15.5. The van der Waals surface area contributed by atoms with Crippen LogP contribution in [-0.2, 0) is 20.7 Å². The quantitative estimate of drug-likeness (QED) is 0.483. The van der Waals surface area contributed by atoms with E-state index in [0.29, 0.717) is 40.9 Å². The average Bonchev–Trinajstić information content (AvgIpc) is 3.50. The van der Waals surface area contributed by atoms with Gasteiger partial charge in [0.2, 0.25) is 11.8 Å². The first-order chi connectivity index (χ1) is 20.4. The molecule has 2 N–H and O–H groups in total. The second kappa shape index (κ2) is 11.2. The fourth-order valence-electron chi connectivity index (χ4n) is 7.44. The largest absolute Gasteiger partial charge is 0.480 e. The van der Waals surface area contributed by atoms with Crippen molar-refractivity contribution in [3.63, 3.8) is 0 Å². The van der Waals surface area contributed by atoms with Crippen molar-refractivity contribution in [3.05, 3.63) is 29.7 Å². The van der Waals surface area contributed by atoms with Crippen LogP contribution in [0, 0.1) is 34.9 Å². The highest BCUT2D eigenvalue weighted by Crippen LogP contribution is 2.57. The molecule has 1 aromatic carbocycles. The van der Waals surface area contributed by atoms with E-state index in [2.05, 4.69) is 10.3 Å². The Balaban J connectivity index is 1.36. The van der Waals surface area contributed by atoms with Crippen LogP contribution in [0.5, 0.6) is 5.88 Å². The maximum Gasteiger partial charge on any atom is 0.408 e. The minimum atomic E-state index is -1.18. The summed E-state index contributed by atoms with van der Waals surface area (Å²) in [6.45, 7) is 7.20. The van der Waals surface area contributed by atoms with Gasteiger partial charge in [0.15, 0.2) is 0 Å². The van der Waals surface area contributed by atoms with Gasteiger partial charge in [0.25, 0.3) is 0 Å². The molecule has 0 radical (unpaired) electrons. The molecule has 2 aromatic rings. The number of carboxylic acid groups (broad SMARTS) is 1. The molecular formula is C32H41FN4O6. The Morgan fingerprint density at radius 1 is 1.05 bits per heavy atom. The van der Waals surface area contributed by atoms with E-state index in [9.17, 15) is 23.9 Å². The predicted molar refractivity (Wildman–Crippen MR) is 155 cm³/mol. The summed E-state index contributed by atoms with van der Waals surface area (Å²) in [7, 11) is 0. The lowest BCUT2D eigenvalue weighted by atomic mass is 9.85. The Hall–Kier alpha value is -3.50. The lowest BCUT2D eigenvalue weighted by molar-refractivity contribution is -0.151. The molecule has 1 aromatic heterocycles. The third kappa shape index (κ3) is 5.87. The Labute approximate surface area is 250 Å². The van der Waals surface area contributed by atoms with Gasteiger partial charge in [-0.25, -0.2) is 23.9 Å². The van der Waals surface area contributed by atoms with Gasteiger partial charge in [0.1, 0.15) is 35.8 Å². The van der Waals surface area contributed by atoms with Crippen LogP contribution in [0.4, 0.5) is 9.18 Å². The maximum atomic E-state index is 14.1. The number of benzene rings is 1. The molecule has 2 amide bonds. The molecule has 11 heteroatoms. The monoisotopic (exact) mass is 596 g/mol. The van der Waals surface area contributed by atoms with E-state index in [4.69, 9.17) is 14.5 Å². The number of carboxylic acids is 1. The van der Waals surface area contributed by atoms with E-state index in [1.165, 1.54) is 23.5 Å². The number of nitrogens with zero attached hydrogens (tertiary/aromatic N) is 3. The number of ether oxygens (including phenoxy) is 2. The molecule has 1 saturated heterocycles. The number of carbonyl (C=O) groups excluding carboxylic acids is 2. The highest BCUT2D eigenvalue weighted by atomic mass is 19.1. The van der Waals surface area contributed by atoms with Crippen LogP contribution in [0.1, 0.15) is 71.9 Å². The molecule has 2 bridgehead atoms.